The molecule has 0 saturated heterocycles. The third-order valence-corrected chi connectivity index (χ3v) is 4.31. The van der Waals surface area contributed by atoms with E-state index in [0.29, 0.717) is 5.56 Å². The average molecular weight is 285 g/mol. The molecule has 1 aromatic carbocycles. The molecule has 110 valence electrons. The van der Waals surface area contributed by atoms with E-state index < -0.39 is 0 Å². The van der Waals surface area contributed by atoms with Crippen LogP contribution in [0.4, 0.5) is 4.39 Å². The fourth-order valence-corrected chi connectivity index (χ4v) is 3.29. The van der Waals surface area contributed by atoms with Crippen LogP contribution in [-0.2, 0) is 6.42 Å². The van der Waals surface area contributed by atoms with Gasteiger partial charge in [0.1, 0.15) is 5.82 Å². The Morgan fingerprint density at radius 2 is 2.24 bits per heavy atom. The molecular formula is C17H20FN3. The van der Waals surface area contributed by atoms with Crippen LogP contribution >= 0.6 is 0 Å². The number of aromatic nitrogens is 1. The molecule has 2 unspecified atom stereocenters. The summed E-state index contributed by atoms with van der Waals surface area (Å²) in [5, 5.41) is 0. The molecule has 2 aromatic rings. The topological polar surface area (TPSA) is 50.9 Å². The summed E-state index contributed by atoms with van der Waals surface area (Å²) in [7, 11) is 0. The van der Waals surface area contributed by atoms with Gasteiger partial charge in [-0.2, -0.15) is 0 Å². The highest BCUT2D eigenvalue weighted by atomic mass is 19.1. The van der Waals surface area contributed by atoms with Gasteiger partial charge < -0.3 is 0 Å². The summed E-state index contributed by atoms with van der Waals surface area (Å²) in [6.45, 7) is 1.96. The fourth-order valence-electron chi connectivity index (χ4n) is 3.29. The smallest absolute Gasteiger partial charge is 0.128 e. The molecule has 1 heterocycles. The van der Waals surface area contributed by atoms with Gasteiger partial charge in [-0.15, -0.1) is 0 Å². The second-order valence-corrected chi connectivity index (χ2v) is 5.72. The van der Waals surface area contributed by atoms with E-state index in [1.54, 1.807) is 12.3 Å². The summed E-state index contributed by atoms with van der Waals surface area (Å²) in [4.78, 5) is 4.53. The number of nitrogens with one attached hydrogen (secondary N) is 1. The predicted octanol–water partition coefficient (Wildman–Crippen LogP) is 3.15. The summed E-state index contributed by atoms with van der Waals surface area (Å²) in [6.07, 6.45) is 4.88. The quantitative estimate of drug-likeness (QED) is 0.673. The number of hydrazine groups is 1. The van der Waals surface area contributed by atoms with Gasteiger partial charge in [0.2, 0.25) is 0 Å². The lowest BCUT2D eigenvalue weighted by atomic mass is 9.79. The first-order chi connectivity index (χ1) is 10.2. The Labute approximate surface area is 124 Å². The van der Waals surface area contributed by atoms with E-state index in [-0.39, 0.29) is 17.8 Å². The average Bonchev–Trinajstić information content (AvgIpc) is 2.51. The van der Waals surface area contributed by atoms with Crippen LogP contribution in [0.2, 0.25) is 0 Å². The summed E-state index contributed by atoms with van der Waals surface area (Å²) in [6, 6.07) is 8.97. The number of rotatable bonds is 3. The van der Waals surface area contributed by atoms with Crippen LogP contribution in [0.1, 0.15) is 47.2 Å². The number of pyridine rings is 1. The molecular weight excluding hydrogens is 265 g/mol. The third kappa shape index (κ3) is 2.69. The van der Waals surface area contributed by atoms with Gasteiger partial charge in [0.25, 0.3) is 0 Å². The number of nitrogens with zero attached hydrogens (tertiary/aromatic N) is 1. The van der Waals surface area contributed by atoms with Gasteiger partial charge in [0, 0.05) is 23.4 Å². The minimum absolute atomic E-state index is 0.108. The summed E-state index contributed by atoms with van der Waals surface area (Å²) >= 11 is 0. The molecule has 1 aliphatic carbocycles. The fraction of sp³-hybridized carbons (Fsp3) is 0.353. The van der Waals surface area contributed by atoms with Crippen molar-refractivity contribution in [1.82, 2.24) is 10.4 Å². The van der Waals surface area contributed by atoms with Gasteiger partial charge in [-0.3, -0.25) is 16.3 Å². The van der Waals surface area contributed by atoms with Crippen molar-refractivity contribution in [2.45, 2.75) is 38.1 Å². The first kappa shape index (κ1) is 14.2. The zero-order valence-corrected chi connectivity index (χ0v) is 12.1. The van der Waals surface area contributed by atoms with Gasteiger partial charge in [-0.1, -0.05) is 23.8 Å². The largest absolute Gasteiger partial charge is 0.271 e. The van der Waals surface area contributed by atoms with Gasteiger partial charge in [0.05, 0.1) is 6.04 Å². The van der Waals surface area contributed by atoms with Gasteiger partial charge >= 0.3 is 0 Å². The molecule has 1 aliphatic rings. The molecule has 3 nitrogen and oxygen atoms in total. The van der Waals surface area contributed by atoms with Crippen LogP contribution in [0.3, 0.4) is 0 Å². The Morgan fingerprint density at radius 3 is 3.05 bits per heavy atom. The van der Waals surface area contributed by atoms with E-state index in [9.17, 15) is 4.39 Å². The van der Waals surface area contributed by atoms with Gasteiger partial charge in [-0.25, -0.2) is 4.39 Å². The van der Waals surface area contributed by atoms with Crippen molar-refractivity contribution in [1.29, 1.82) is 0 Å². The first-order valence-corrected chi connectivity index (χ1v) is 7.36. The Morgan fingerprint density at radius 1 is 1.38 bits per heavy atom. The molecule has 1 aromatic heterocycles. The molecule has 0 spiro atoms. The van der Waals surface area contributed by atoms with Crippen molar-refractivity contribution in [3.63, 3.8) is 0 Å². The molecule has 2 atom stereocenters. The molecule has 21 heavy (non-hydrogen) atoms. The van der Waals surface area contributed by atoms with Crippen molar-refractivity contribution in [3.8, 4) is 0 Å². The minimum atomic E-state index is -0.251. The highest BCUT2D eigenvalue weighted by Crippen LogP contribution is 2.39. The number of nitrogens with two attached hydrogens (primary N) is 1. The van der Waals surface area contributed by atoms with E-state index in [4.69, 9.17) is 5.84 Å². The van der Waals surface area contributed by atoms with Crippen molar-refractivity contribution < 1.29 is 4.39 Å². The molecule has 0 fully saturated rings. The summed E-state index contributed by atoms with van der Waals surface area (Å²) in [5.74, 6) is 5.66. The number of hydrogen-bond acceptors (Lipinski definition) is 3. The lowest BCUT2D eigenvalue weighted by molar-refractivity contribution is 0.388. The minimum Gasteiger partial charge on any atom is -0.271 e. The maximum absolute atomic E-state index is 14.2. The first-order valence-electron chi connectivity index (χ1n) is 7.36. The lowest BCUT2D eigenvalue weighted by Gasteiger charge is -2.31. The van der Waals surface area contributed by atoms with Crippen LogP contribution in [-0.4, -0.2) is 4.98 Å². The van der Waals surface area contributed by atoms with Crippen molar-refractivity contribution >= 4 is 0 Å². The van der Waals surface area contributed by atoms with E-state index in [1.807, 2.05) is 19.1 Å². The molecule has 0 saturated carbocycles. The SMILES string of the molecule is Cc1ccc(F)c(C(NN)C2CCCc3cccnc32)c1. The van der Waals surface area contributed by atoms with Gasteiger partial charge in [-0.05, 0) is 43.9 Å². The Bertz CT molecular complexity index is 642. The van der Waals surface area contributed by atoms with E-state index in [2.05, 4.69) is 16.5 Å². The zero-order valence-electron chi connectivity index (χ0n) is 12.1. The lowest BCUT2D eigenvalue weighted by Crippen LogP contribution is -2.35. The zero-order chi connectivity index (χ0) is 14.8. The number of benzene rings is 1. The molecule has 0 amide bonds. The van der Waals surface area contributed by atoms with E-state index >= 15 is 0 Å². The Hall–Kier alpha value is -1.78. The number of halogens is 1. The van der Waals surface area contributed by atoms with Crippen LogP contribution in [0, 0.1) is 12.7 Å². The van der Waals surface area contributed by atoms with Crippen molar-refractivity contribution in [3.05, 3.63) is 64.7 Å². The molecule has 0 aliphatic heterocycles. The van der Waals surface area contributed by atoms with Gasteiger partial charge in [0.15, 0.2) is 0 Å². The van der Waals surface area contributed by atoms with Crippen LogP contribution in [0.15, 0.2) is 36.5 Å². The number of aryl methyl sites for hydroxylation is 2. The second kappa shape index (κ2) is 5.92. The summed E-state index contributed by atoms with van der Waals surface area (Å²) in [5.41, 5.74) is 6.77. The number of fused-ring (bicyclic) bond motifs is 1. The predicted molar refractivity (Wildman–Crippen MR) is 81.1 cm³/mol. The standard InChI is InChI=1S/C17H20FN3/c1-11-7-8-15(18)14(10-11)17(21-19)13-6-2-4-12-5-3-9-20-16(12)13/h3,5,7-10,13,17,21H,2,4,6,19H2,1H3. The molecule has 3 N–H and O–H groups in total. The van der Waals surface area contributed by atoms with E-state index in [1.165, 1.54) is 11.6 Å². The normalized spacial score (nSPS) is 19.1. The Balaban J connectivity index is 2.03. The van der Waals surface area contributed by atoms with E-state index in [0.717, 1.165) is 30.5 Å². The maximum Gasteiger partial charge on any atom is 0.128 e. The highest BCUT2D eigenvalue weighted by Gasteiger charge is 2.31. The Kier molecular flexibility index (Phi) is 3.99. The monoisotopic (exact) mass is 285 g/mol. The van der Waals surface area contributed by atoms with Crippen LogP contribution in [0.25, 0.3) is 0 Å². The molecule has 0 bridgehead atoms. The molecule has 4 heteroatoms. The van der Waals surface area contributed by atoms with Crippen LogP contribution in [0.5, 0.6) is 0 Å². The molecule has 0 radical (unpaired) electrons. The second-order valence-electron chi connectivity index (χ2n) is 5.72. The van der Waals surface area contributed by atoms with Crippen molar-refractivity contribution in [2.24, 2.45) is 5.84 Å². The number of hydrogen-bond donors (Lipinski definition) is 2. The van der Waals surface area contributed by atoms with Crippen molar-refractivity contribution in [2.75, 3.05) is 0 Å². The maximum atomic E-state index is 14.2. The molecule has 3 rings (SSSR count). The summed E-state index contributed by atoms with van der Waals surface area (Å²) < 4.78 is 14.2. The third-order valence-electron chi connectivity index (χ3n) is 4.31. The van der Waals surface area contributed by atoms with Crippen LogP contribution < -0.4 is 11.3 Å². The highest BCUT2D eigenvalue weighted by molar-refractivity contribution is 5.33.